The summed E-state index contributed by atoms with van der Waals surface area (Å²) in [5, 5.41) is 0.205. The number of amides is 1. The van der Waals surface area contributed by atoms with Crippen LogP contribution in [0.1, 0.15) is 10.4 Å². The molecule has 1 aromatic rings. The van der Waals surface area contributed by atoms with Gasteiger partial charge in [0.2, 0.25) is 0 Å². The Balaban J connectivity index is 2.81. The first-order valence-electron chi connectivity index (χ1n) is 4.15. The molecule has 0 aliphatic rings. The number of pyridine rings is 1. The Labute approximate surface area is 90.7 Å². The molecule has 6 heteroatoms. The van der Waals surface area contributed by atoms with Crippen LogP contribution in [0.15, 0.2) is 18.5 Å². The zero-order chi connectivity index (χ0) is 11.4. The molecule has 1 rings (SSSR count). The fourth-order valence-electron chi connectivity index (χ4n) is 1.03. The van der Waals surface area contributed by atoms with E-state index in [1.54, 1.807) is 0 Å². The Morgan fingerprint density at radius 2 is 2.33 bits per heavy atom. The lowest BCUT2D eigenvalue weighted by Gasteiger charge is -2.16. The van der Waals surface area contributed by atoms with E-state index in [2.05, 4.69) is 4.98 Å². The molecule has 0 unspecified atom stereocenters. The molecule has 0 radical (unpaired) electrons. The van der Waals surface area contributed by atoms with Crippen molar-refractivity contribution < 1.29 is 13.6 Å². The van der Waals surface area contributed by atoms with Crippen LogP contribution < -0.4 is 0 Å². The molecule has 3 nitrogen and oxygen atoms in total. The molecule has 15 heavy (non-hydrogen) atoms. The predicted molar refractivity (Wildman–Crippen MR) is 52.2 cm³/mol. The van der Waals surface area contributed by atoms with Crippen LogP contribution in [0.4, 0.5) is 8.78 Å². The van der Waals surface area contributed by atoms with Crippen molar-refractivity contribution in [1.29, 1.82) is 0 Å². The fraction of sp³-hybridized carbons (Fsp3) is 0.333. The minimum absolute atomic E-state index is 0.127. The first-order valence-corrected chi connectivity index (χ1v) is 4.53. The quantitative estimate of drug-likeness (QED) is 0.802. The van der Waals surface area contributed by atoms with Crippen LogP contribution in [-0.4, -0.2) is 35.8 Å². The Morgan fingerprint density at radius 3 is 2.87 bits per heavy atom. The molecule has 0 atom stereocenters. The van der Waals surface area contributed by atoms with Gasteiger partial charge in [-0.1, -0.05) is 11.6 Å². The van der Waals surface area contributed by atoms with Gasteiger partial charge in [0.1, 0.15) is 0 Å². The fourth-order valence-corrected chi connectivity index (χ4v) is 1.22. The zero-order valence-electron chi connectivity index (χ0n) is 7.95. The van der Waals surface area contributed by atoms with E-state index in [4.69, 9.17) is 11.6 Å². The van der Waals surface area contributed by atoms with Crippen LogP contribution in [0.25, 0.3) is 0 Å². The molecule has 0 fully saturated rings. The average Bonchev–Trinajstić information content (AvgIpc) is 2.16. The lowest BCUT2D eigenvalue weighted by Crippen LogP contribution is -2.31. The standard InChI is InChI=1S/C9H9ClF2N2O/c1-14(5-8(11)12)9(15)6-4-13-3-2-7(6)10/h2-4,8H,5H2,1H3. The second-order valence-electron chi connectivity index (χ2n) is 2.93. The number of alkyl halides is 2. The first-order chi connectivity index (χ1) is 7.02. The van der Waals surface area contributed by atoms with E-state index in [0.717, 1.165) is 4.90 Å². The summed E-state index contributed by atoms with van der Waals surface area (Å²) in [5.41, 5.74) is 0.127. The second-order valence-corrected chi connectivity index (χ2v) is 3.34. The number of carbonyl (C=O) groups excluding carboxylic acids is 1. The molecular weight excluding hydrogens is 226 g/mol. The van der Waals surface area contributed by atoms with Crippen molar-refractivity contribution in [2.75, 3.05) is 13.6 Å². The van der Waals surface area contributed by atoms with Crippen LogP contribution in [-0.2, 0) is 0 Å². The Bertz CT molecular complexity index is 360. The highest BCUT2D eigenvalue weighted by molar-refractivity contribution is 6.33. The van der Waals surface area contributed by atoms with Gasteiger partial charge in [-0.15, -0.1) is 0 Å². The van der Waals surface area contributed by atoms with Gasteiger partial charge in [-0.3, -0.25) is 9.78 Å². The van der Waals surface area contributed by atoms with Gasteiger partial charge in [-0.05, 0) is 6.07 Å². The number of hydrogen-bond donors (Lipinski definition) is 0. The number of rotatable bonds is 3. The third-order valence-corrected chi connectivity index (χ3v) is 2.09. The predicted octanol–water partition coefficient (Wildman–Crippen LogP) is 2.07. The molecule has 0 bridgehead atoms. The van der Waals surface area contributed by atoms with Crippen molar-refractivity contribution in [1.82, 2.24) is 9.88 Å². The molecule has 0 aliphatic carbocycles. The Hall–Kier alpha value is -1.23. The van der Waals surface area contributed by atoms with E-state index in [1.807, 2.05) is 0 Å². The summed E-state index contributed by atoms with van der Waals surface area (Å²) in [5.74, 6) is -0.562. The van der Waals surface area contributed by atoms with E-state index in [9.17, 15) is 13.6 Å². The summed E-state index contributed by atoms with van der Waals surface area (Å²) in [6, 6.07) is 1.44. The molecule has 82 valence electrons. The number of nitrogens with zero attached hydrogens (tertiary/aromatic N) is 2. The second kappa shape index (κ2) is 5.02. The largest absolute Gasteiger partial charge is 0.336 e. The lowest BCUT2D eigenvalue weighted by atomic mass is 10.2. The minimum Gasteiger partial charge on any atom is -0.336 e. The molecule has 0 spiro atoms. The first kappa shape index (κ1) is 11.8. The van der Waals surface area contributed by atoms with Crippen molar-refractivity contribution in [3.05, 3.63) is 29.0 Å². The van der Waals surface area contributed by atoms with Crippen molar-refractivity contribution in [3.63, 3.8) is 0 Å². The summed E-state index contributed by atoms with van der Waals surface area (Å²) in [4.78, 5) is 16.2. The smallest absolute Gasteiger partial charge is 0.256 e. The Kier molecular flexibility index (Phi) is 3.96. The molecule has 0 aromatic carbocycles. The highest BCUT2D eigenvalue weighted by Crippen LogP contribution is 2.15. The maximum atomic E-state index is 12.0. The molecule has 1 aromatic heterocycles. The van der Waals surface area contributed by atoms with Gasteiger partial charge in [0, 0.05) is 19.4 Å². The van der Waals surface area contributed by atoms with Crippen molar-refractivity contribution in [3.8, 4) is 0 Å². The van der Waals surface area contributed by atoms with Gasteiger partial charge in [0.15, 0.2) is 0 Å². The van der Waals surface area contributed by atoms with Crippen LogP contribution in [0.2, 0.25) is 5.02 Å². The van der Waals surface area contributed by atoms with Gasteiger partial charge in [-0.25, -0.2) is 8.78 Å². The lowest BCUT2D eigenvalue weighted by molar-refractivity contribution is 0.0620. The molecular formula is C9H9ClF2N2O. The average molecular weight is 235 g/mol. The van der Waals surface area contributed by atoms with Gasteiger partial charge in [0.05, 0.1) is 17.1 Å². The van der Waals surface area contributed by atoms with E-state index in [-0.39, 0.29) is 10.6 Å². The normalized spacial score (nSPS) is 10.5. The summed E-state index contributed by atoms with van der Waals surface area (Å²) >= 11 is 5.72. The molecule has 0 aliphatic heterocycles. The van der Waals surface area contributed by atoms with Crippen LogP contribution in [0.3, 0.4) is 0 Å². The van der Waals surface area contributed by atoms with Crippen LogP contribution in [0, 0.1) is 0 Å². The monoisotopic (exact) mass is 234 g/mol. The minimum atomic E-state index is -2.56. The van der Waals surface area contributed by atoms with Gasteiger partial charge in [0.25, 0.3) is 12.3 Å². The third-order valence-electron chi connectivity index (χ3n) is 1.76. The third kappa shape index (κ3) is 3.13. The van der Waals surface area contributed by atoms with Crippen molar-refractivity contribution in [2.24, 2.45) is 0 Å². The number of hydrogen-bond acceptors (Lipinski definition) is 2. The summed E-state index contributed by atoms with van der Waals surface area (Å²) in [6.07, 6.45) is 0.119. The van der Waals surface area contributed by atoms with E-state index < -0.39 is 18.9 Å². The number of carbonyl (C=O) groups is 1. The highest BCUT2D eigenvalue weighted by Gasteiger charge is 2.17. The van der Waals surface area contributed by atoms with Crippen LogP contribution in [0.5, 0.6) is 0 Å². The van der Waals surface area contributed by atoms with Gasteiger partial charge in [-0.2, -0.15) is 0 Å². The molecule has 1 heterocycles. The number of halogens is 3. The molecule has 1 amide bonds. The van der Waals surface area contributed by atoms with E-state index >= 15 is 0 Å². The summed E-state index contributed by atoms with van der Waals surface area (Å²) in [7, 11) is 1.29. The summed E-state index contributed by atoms with van der Waals surface area (Å²) < 4.78 is 24.0. The zero-order valence-corrected chi connectivity index (χ0v) is 8.71. The topological polar surface area (TPSA) is 33.2 Å². The Morgan fingerprint density at radius 1 is 1.67 bits per heavy atom. The maximum Gasteiger partial charge on any atom is 0.256 e. The molecule has 0 N–H and O–H groups in total. The van der Waals surface area contributed by atoms with Gasteiger partial charge >= 0.3 is 0 Å². The molecule has 0 saturated carbocycles. The summed E-state index contributed by atoms with van der Waals surface area (Å²) in [6.45, 7) is -0.621. The van der Waals surface area contributed by atoms with E-state index in [0.29, 0.717) is 0 Å². The maximum absolute atomic E-state index is 12.0. The van der Waals surface area contributed by atoms with Crippen molar-refractivity contribution in [2.45, 2.75) is 6.43 Å². The number of aromatic nitrogens is 1. The van der Waals surface area contributed by atoms with Crippen LogP contribution >= 0.6 is 11.6 Å². The molecule has 0 saturated heterocycles. The SMILES string of the molecule is CN(CC(F)F)C(=O)c1cnccc1Cl. The van der Waals surface area contributed by atoms with E-state index in [1.165, 1.54) is 25.5 Å². The highest BCUT2D eigenvalue weighted by atomic mass is 35.5. The van der Waals surface area contributed by atoms with Gasteiger partial charge < -0.3 is 4.90 Å². The van der Waals surface area contributed by atoms with Crippen molar-refractivity contribution >= 4 is 17.5 Å².